The van der Waals surface area contributed by atoms with Crippen molar-refractivity contribution in [3.63, 3.8) is 0 Å². The summed E-state index contributed by atoms with van der Waals surface area (Å²) >= 11 is 0. The lowest BCUT2D eigenvalue weighted by Gasteiger charge is -2.36. The summed E-state index contributed by atoms with van der Waals surface area (Å²) in [5.74, 6) is -0.0860. The first-order valence-electron chi connectivity index (χ1n) is 9.24. The van der Waals surface area contributed by atoms with E-state index in [4.69, 9.17) is 10.5 Å². The Bertz CT molecular complexity index is 1100. The minimum atomic E-state index is -0.334. The number of hydrogen-bond acceptors (Lipinski definition) is 6. The zero-order chi connectivity index (χ0) is 19.1. The third-order valence-corrected chi connectivity index (χ3v) is 5.63. The Morgan fingerprint density at radius 3 is 2.61 bits per heavy atom. The molecule has 4 atom stereocenters. The highest BCUT2D eigenvalue weighted by molar-refractivity contribution is 5.83. The molecule has 1 saturated heterocycles. The van der Waals surface area contributed by atoms with Crippen LogP contribution in [0.15, 0.2) is 78.3 Å². The summed E-state index contributed by atoms with van der Waals surface area (Å²) in [6, 6.07) is 22.4. The van der Waals surface area contributed by atoms with Gasteiger partial charge in [-0.2, -0.15) is 5.26 Å². The fraction of sp³-hybridized carbons (Fsp3) is 0.182. The number of pyridine rings is 1. The quantitative estimate of drug-likeness (QED) is 0.643. The molecular weight excluding hydrogens is 350 g/mol. The van der Waals surface area contributed by atoms with Gasteiger partial charge in [0, 0.05) is 23.4 Å². The second-order valence-corrected chi connectivity index (χ2v) is 7.08. The normalized spacial score (nSPS) is 26.5. The summed E-state index contributed by atoms with van der Waals surface area (Å²) in [5, 5.41) is 10.9. The molecular formula is C22H19N5O. The minimum absolute atomic E-state index is 0.0282. The van der Waals surface area contributed by atoms with Crippen LogP contribution in [0.4, 0.5) is 0 Å². The number of para-hydroxylation sites is 1. The molecule has 0 bridgehead atoms. The molecule has 4 unspecified atom stereocenters. The second kappa shape index (κ2) is 6.64. The van der Waals surface area contributed by atoms with Gasteiger partial charge < -0.3 is 10.5 Å². The first-order chi connectivity index (χ1) is 13.8. The summed E-state index contributed by atoms with van der Waals surface area (Å²) in [6.45, 7) is 0. The molecule has 2 aliphatic rings. The van der Waals surface area contributed by atoms with Crippen molar-refractivity contribution < 1.29 is 4.74 Å². The van der Waals surface area contributed by atoms with Crippen molar-refractivity contribution in [2.75, 3.05) is 0 Å². The maximum Gasteiger partial charge on any atom is 0.200 e. The molecule has 1 fully saturated rings. The molecule has 28 heavy (non-hydrogen) atoms. The van der Waals surface area contributed by atoms with E-state index in [1.807, 2.05) is 48.5 Å². The molecule has 0 aliphatic carbocycles. The third kappa shape index (κ3) is 2.53. The van der Waals surface area contributed by atoms with E-state index in [1.165, 1.54) is 0 Å². The van der Waals surface area contributed by atoms with E-state index in [9.17, 15) is 5.26 Å². The molecule has 6 nitrogen and oxygen atoms in total. The minimum Gasteiger partial charge on any atom is -0.458 e. The molecule has 3 heterocycles. The van der Waals surface area contributed by atoms with E-state index in [0.717, 1.165) is 22.0 Å². The zero-order valence-corrected chi connectivity index (χ0v) is 15.0. The summed E-state index contributed by atoms with van der Waals surface area (Å²) in [4.78, 5) is 4.48. The molecule has 2 aliphatic heterocycles. The number of hydrogen-bond donors (Lipinski definition) is 3. The fourth-order valence-electron chi connectivity index (χ4n) is 4.40. The van der Waals surface area contributed by atoms with Crippen molar-refractivity contribution in [1.29, 1.82) is 5.26 Å². The summed E-state index contributed by atoms with van der Waals surface area (Å²) < 4.78 is 5.87. The number of nitrogens with one attached hydrogen (secondary N) is 2. The fourth-order valence-corrected chi connectivity index (χ4v) is 4.40. The number of nitrogens with zero attached hydrogens (tertiary/aromatic N) is 2. The van der Waals surface area contributed by atoms with Crippen LogP contribution in [0.1, 0.15) is 23.1 Å². The Hall–Kier alpha value is -3.40. The van der Waals surface area contributed by atoms with Gasteiger partial charge >= 0.3 is 0 Å². The number of hydrazine groups is 1. The van der Waals surface area contributed by atoms with Crippen molar-refractivity contribution in [2.45, 2.75) is 18.2 Å². The van der Waals surface area contributed by atoms with E-state index in [-0.39, 0.29) is 30.0 Å². The summed E-state index contributed by atoms with van der Waals surface area (Å²) in [5.41, 5.74) is 16.2. The van der Waals surface area contributed by atoms with Gasteiger partial charge in [-0.3, -0.25) is 4.98 Å². The van der Waals surface area contributed by atoms with Gasteiger partial charge in [-0.15, -0.1) is 0 Å². The SMILES string of the molecule is N#CC1=C(N)OC2NNC(c3ccccc3)C2C1c1ccnc2ccccc12. The van der Waals surface area contributed by atoms with Crippen LogP contribution in [0.5, 0.6) is 0 Å². The lowest BCUT2D eigenvalue weighted by atomic mass is 9.73. The van der Waals surface area contributed by atoms with Crippen molar-refractivity contribution in [1.82, 2.24) is 15.8 Å². The molecule has 1 aromatic heterocycles. The Balaban J connectivity index is 1.71. The van der Waals surface area contributed by atoms with Crippen molar-refractivity contribution in [3.8, 4) is 6.07 Å². The number of nitriles is 1. The van der Waals surface area contributed by atoms with Crippen molar-refractivity contribution >= 4 is 10.9 Å². The van der Waals surface area contributed by atoms with Crippen molar-refractivity contribution in [3.05, 3.63) is 89.4 Å². The van der Waals surface area contributed by atoms with E-state index < -0.39 is 0 Å². The maximum atomic E-state index is 9.92. The number of fused-ring (bicyclic) bond motifs is 2. The van der Waals surface area contributed by atoms with Crippen LogP contribution in [0.25, 0.3) is 10.9 Å². The van der Waals surface area contributed by atoms with Gasteiger partial charge in [-0.1, -0.05) is 48.5 Å². The predicted molar refractivity (Wildman–Crippen MR) is 105 cm³/mol. The molecule has 0 amide bonds. The van der Waals surface area contributed by atoms with E-state index >= 15 is 0 Å². The molecule has 6 heteroatoms. The number of nitrogens with two attached hydrogens (primary N) is 1. The van der Waals surface area contributed by atoms with Gasteiger partial charge in [0.15, 0.2) is 6.23 Å². The van der Waals surface area contributed by atoms with Crippen LogP contribution in [0.2, 0.25) is 0 Å². The largest absolute Gasteiger partial charge is 0.458 e. The molecule has 2 aromatic carbocycles. The Labute approximate surface area is 162 Å². The van der Waals surface area contributed by atoms with E-state index in [1.54, 1.807) is 6.20 Å². The average Bonchev–Trinajstić information content (AvgIpc) is 3.16. The Kier molecular flexibility index (Phi) is 3.97. The smallest absolute Gasteiger partial charge is 0.200 e. The van der Waals surface area contributed by atoms with Gasteiger partial charge in [-0.05, 0) is 23.3 Å². The van der Waals surface area contributed by atoms with Crippen LogP contribution in [-0.4, -0.2) is 11.2 Å². The number of benzene rings is 2. The molecule has 4 N–H and O–H groups in total. The highest BCUT2D eigenvalue weighted by Crippen LogP contribution is 2.48. The lowest BCUT2D eigenvalue weighted by molar-refractivity contribution is 0.0342. The van der Waals surface area contributed by atoms with Crippen LogP contribution in [-0.2, 0) is 4.74 Å². The van der Waals surface area contributed by atoms with Crippen molar-refractivity contribution in [2.24, 2.45) is 11.7 Å². The van der Waals surface area contributed by atoms with Gasteiger partial charge in [-0.25, -0.2) is 10.9 Å². The number of allylic oxidation sites excluding steroid dienone is 1. The summed E-state index contributed by atoms with van der Waals surface area (Å²) in [6.07, 6.45) is 1.46. The first-order valence-corrected chi connectivity index (χ1v) is 9.24. The number of ether oxygens (including phenoxy) is 1. The van der Waals surface area contributed by atoms with Gasteiger partial charge in [0.2, 0.25) is 5.88 Å². The lowest BCUT2D eigenvalue weighted by Crippen LogP contribution is -2.41. The van der Waals surface area contributed by atoms with E-state index in [2.05, 4.69) is 34.0 Å². The molecule has 0 radical (unpaired) electrons. The second-order valence-electron chi connectivity index (χ2n) is 7.08. The highest BCUT2D eigenvalue weighted by atomic mass is 16.5. The standard InChI is InChI=1S/C22H19N5O/c23-12-16-18(15-10-11-25-17-9-5-4-8-14(15)17)19-20(13-6-2-1-3-7-13)26-27-22(19)28-21(16)24/h1-11,18-20,22,26-27H,24H2. The Morgan fingerprint density at radius 1 is 1.00 bits per heavy atom. The molecule has 138 valence electrons. The molecule has 0 spiro atoms. The van der Waals surface area contributed by atoms with Gasteiger partial charge in [0.1, 0.15) is 6.07 Å². The summed E-state index contributed by atoms with van der Waals surface area (Å²) in [7, 11) is 0. The van der Waals surface area contributed by atoms with E-state index in [0.29, 0.717) is 5.57 Å². The van der Waals surface area contributed by atoms with Crippen LogP contribution in [0, 0.1) is 17.2 Å². The van der Waals surface area contributed by atoms with Crippen LogP contribution < -0.4 is 16.6 Å². The molecule has 5 rings (SSSR count). The maximum absolute atomic E-state index is 9.92. The first kappa shape index (κ1) is 16.8. The topological polar surface area (TPSA) is 96.0 Å². The average molecular weight is 369 g/mol. The number of rotatable bonds is 2. The Morgan fingerprint density at radius 2 is 1.79 bits per heavy atom. The third-order valence-electron chi connectivity index (χ3n) is 5.63. The predicted octanol–water partition coefficient (Wildman–Crippen LogP) is 2.83. The number of aromatic nitrogens is 1. The molecule has 3 aromatic rings. The zero-order valence-electron chi connectivity index (χ0n) is 15.0. The van der Waals surface area contributed by atoms with Crippen LogP contribution in [0.3, 0.4) is 0 Å². The monoisotopic (exact) mass is 369 g/mol. The van der Waals surface area contributed by atoms with Crippen LogP contribution >= 0.6 is 0 Å². The van der Waals surface area contributed by atoms with Gasteiger partial charge in [0.25, 0.3) is 0 Å². The highest BCUT2D eigenvalue weighted by Gasteiger charge is 2.49. The molecule has 0 saturated carbocycles. The van der Waals surface area contributed by atoms with Gasteiger partial charge in [0.05, 0.1) is 17.1 Å².